The Morgan fingerprint density at radius 2 is 2.04 bits per heavy atom. The summed E-state index contributed by atoms with van der Waals surface area (Å²) in [6, 6.07) is 4.22. The summed E-state index contributed by atoms with van der Waals surface area (Å²) in [5.74, 6) is 0.0912. The molecule has 0 aromatic heterocycles. The number of urea groups is 1. The van der Waals surface area contributed by atoms with Crippen LogP contribution in [-0.2, 0) is 9.53 Å². The van der Waals surface area contributed by atoms with Gasteiger partial charge in [-0.3, -0.25) is 0 Å². The van der Waals surface area contributed by atoms with Gasteiger partial charge in [-0.05, 0) is 44.9 Å². The molecule has 2 N–H and O–H groups in total. The van der Waals surface area contributed by atoms with Crippen molar-refractivity contribution in [2.45, 2.75) is 46.3 Å². The van der Waals surface area contributed by atoms with Gasteiger partial charge in [0.1, 0.15) is 5.75 Å². The third-order valence-electron chi connectivity index (χ3n) is 3.65. The van der Waals surface area contributed by atoms with E-state index >= 15 is 0 Å². The van der Waals surface area contributed by atoms with E-state index in [2.05, 4.69) is 10.6 Å². The second kappa shape index (κ2) is 8.25. The Labute approximate surface area is 152 Å². The Morgan fingerprint density at radius 3 is 2.60 bits per heavy atom. The predicted octanol–water partition coefficient (Wildman–Crippen LogP) is 3.71. The molecule has 0 aliphatic carbocycles. The Hall–Kier alpha value is -2.21. The SMILES string of the molecule is CCOC(=O)C1=C(CC)NC(=O)NC1c1ccc(OC(C)C)c(Cl)c1. The van der Waals surface area contributed by atoms with Gasteiger partial charge in [0.25, 0.3) is 0 Å². The van der Waals surface area contributed by atoms with Crippen molar-refractivity contribution in [3.8, 4) is 5.75 Å². The maximum Gasteiger partial charge on any atom is 0.338 e. The van der Waals surface area contributed by atoms with Crippen LogP contribution in [0.2, 0.25) is 5.02 Å². The van der Waals surface area contributed by atoms with E-state index in [0.29, 0.717) is 34.0 Å². The van der Waals surface area contributed by atoms with Crippen LogP contribution in [0.1, 0.15) is 45.7 Å². The highest BCUT2D eigenvalue weighted by Gasteiger charge is 2.33. The summed E-state index contributed by atoms with van der Waals surface area (Å²) < 4.78 is 10.8. The van der Waals surface area contributed by atoms with Crippen LogP contribution in [0.4, 0.5) is 4.79 Å². The lowest BCUT2D eigenvalue weighted by Gasteiger charge is -2.29. The first kappa shape index (κ1) is 19.1. The maximum atomic E-state index is 12.4. The highest BCUT2D eigenvalue weighted by molar-refractivity contribution is 6.32. The zero-order chi connectivity index (χ0) is 18.6. The number of halogens is 1. The minimum absolute atomic E-state index is 0.0105. The van der Waals surface area contributed by atoms with Crippen molar-refractivity contribution in [2.75, 3.05) is 6.61 Å². The van der Waals surface area contributed by atoms with Crippen LogP contribution in [-0.4, -0.2) is 24.7 Å². The molecular weight excluding hydrogens is 344 g/mol. The first-order valence-electron chi connectivity index (χ1n) is 8.31. The fourth-order valence-electron chi connectivity index (χ4n) is 2.64. The molecule has 0 saturated carbocycles. The molecule has 7 heteroatoms. The minimum atomic E-state index is -0.631. The molecule has 2 amide bonds. The number of allylic oxidation sites excluding steroid dienone is 1. The largest absolute Gasteiger partial charge is 0.489 e. The van der Waals surface area contributed by atoms with Gasteiger partial charge >= 0.3 is 12.0 Å². The first-order valence-corrected chi connectivity index (χ1v) is 8.68. The Kier molecular flexibility index (Phi) is 6.31. The quantitative estimate of drug-likeness (QED) is 0.752. The predicted molar refractivity (Wildman–Crippen MR) is 95.6 cm³/mol. The molecule has 0 saturated heterocycles. The Balaban J connectivity index is 2.45. The van der Waals surface area contributed by atoms with E-state index in [1.807, 2.05) is 20.8 Å². The zero-order valence-electron chi connectivity index (χ0n) is 14.8. The molecule has 1 aliphatic heterocycles. The van der Waals surface area contributed by atoms with Crippen molar-refractivity contribution in [3.05, 3.63) is 40.1 Å². The van der Waals surface area contributed by atoms with Crippen molar-refractivity contribution >= 4 is 23.6 Å². The number of hydrogen-bond acceptors (Lipinski definition) is 4. The molecule has 1 aromatic rings. The number of hydrogen-bond donors (Lipinski definition) is 2. The van der Waals surface area contributed by atoms with Crippen LogP contribution in [0.5, 0.6) is 5.75 Å². The summed E-state index contributed by atoms with van der Waals surface area (Å²) >= 11 is 6.30. The smallest absolute Gasteiger partial charge is 0.338 e. The van der Waals surface area contributed by atoms with Crippen molar-refractivity contribution in [1.82, 2.24) is 10.6 Å². The minimum Gasteiger partial charge on any atom is -0.489 e. The third kappa shape index (κ3) is 4.45. The average Bonchev–Trinajstić information content (AvgIpc) is 2.55. The van der Waals surface area contributed by atoms with Gasteiger partial charge in [0.15, 0.2) is 0 Å². The van der Waals surface area contributed by atoms with E-state index < -0.39 is 12.0 Å². The van der Waals surface area contributed by atoms with Crippen LogP contribution in [0, 0.1) is 0 Å². The summed E-state index contributed by atoms with van der Waals surface area (Å²) in [5.41, 5.74) is 1.62. The molecule has 1 aromatic carbocycles. The van der Waals surface area contributed by atoms with Gasteiger partial charge in [0, 0.05) is 5.70 Å². The molecule has 1 atom stereocenters. The lowest BCUT2D eigenvalue weighted by molar-refractivity contribution is -0.139. The zero-order valence-corrected chi connectivity index (χ0v) is 15.6. The number of ether oxygens (including phenoxy) is 2. The number of benzene rings is 1. The topological polar surface area (TPSA) is 76.7 Å². The lowest BCUT2D eigenvalue weighted by Crippen LogP contribution is -2.45. The van der Waals surface area contributed by atoms with E-state index in [1.165, 1.54) is 0 Å². The van der Waals surface area contributed by atoms with Crippen LogP contribution < -0.4 is 15.4 Å². The van der Waals surface area contributed by atoms with E-state index in [-0.39, 0.29) is 18.7 Å². The van der Waals surface area contributed by atoms with E-state index in [4.69, 9.17) is 21.1 Å². The lowest BCUT2D eigenvalue weighted by atomic mass is 9.94. The maximum absolute atomic E-state index is 12.4. The Morgan fingerprint density at radius 1 is 1.32 bits per heavy atom. The number of rotatable bonds is 6. The summed E-state index contributed by atoms with van der Waals surface area (Å²) in [6.07, 6.45) is 0.490. The first-order chi connectivity index (χ1) is 11.9. The van der Waals surface area contributed by atoms with Crippen molar-refractivity contribution in [2.24, 2.45) is 0 Å². The number of amides is 2. The molecule has 25 heavy (non-hydrogen) atoms. The Bertz CT molecular complexity index is 700. The highest BCUT2D eigenvalue weighted by atomic mass is 35.5. The summed E-state index contributed by atoms with van der Waals surface area (Å²) in [7, 11) is 0. The third-order valence-corrected chi connectivity index (χ3v) is 3.95. The second-order valence-corrected chi connectivity index (χ2v) is 6.26. The monoisotopic (exact) mass is 366 g/mol. The summed E-state index contributed by atoms with van der Waals surface area (Å²) in [6.45, 7) is 7.67. The van der Waals surface area contributed by atoms with Gasteiger partial charge in [-0.25, -0.2) is 9.59 Å². The molecule has 0 fully saturated rings. The number of esters is 1. The van der Waals surface area contributed by atoms with Gasteiger partial charge in [0.05, 0.1) is 29.3 Å². The fourth-order valence-corrected chi connectivity index (χ4v) is 2.88. The highest BCUT2D eigenvalue weighted by Crippen LogP contribution is 2.34. The van der Waals surface area contributed by atoms with E-state index in [1.54, 1.807) is 25.1 Å². The fraction of sp³-hybridized carbons (Fsp3) is 0.444. The van der Waals surface area contributed by atoms with Gasteiger partial charge in [-0.2, -0.15) is 0 Å². The van der Waals surface area contributed by atoms with Gasteiger partial charge < -0.3 is 20.1 Å². The molecule has 2 rings (SSSR count). The number of carbonyl (C=O) groups is 2. The van der Waals surface area contributed by atoms with Gasteiger partial charge in [0.2, 0.25) is 0 Å². The number of nitrogens with one attached hydrogen (secondary N) is 2. The van der Waals surface area contributed by atoms with Crippen molar-refractivity contribution in [1.29, 1.82) is 0 Å². The molecule has 1 heterocycles. The summed E-state index contributed by atoms with van der Waals surface area (Å²) in [5, 5.41) is 5.86. The molecule has 0 bridgehead atoms. The van der Waals surface area contributed by atoms with Crippen molar-refractivity contribution in [3.63, 3.8) is 0 Å². The standard InChI is InChI=1S/C18H23ClN2O4/c1-5-13-15(17(22)24-6-2)16(21-18(23)20-13)11-7-8-14(12(19)9-11)25-10(3)4/h7-10,16H,5-6H2,1-4H3,(H2,20,21,23). The molecular formula is C18H23ClN2O4. The van der Waals surface area contributed by atoms with Gasteiger partial charge in [-0.1, -0.05) is 24.6 Å². The average molecular weight is 367 g/mol. The second-order valence-electron chi connectivity index (χ2n) is 5.85. The molecule has 0 spiro atoms. The molecule has 136 valence electrons. The summed E-state index contributed by atoms with van der Waals surface area (Å²) in [4.78, 5) is 24.4. The van der Waals surface area contributed by atoms with E-state index in [0.717, 1.165) is 0 Å². The normalized spacial score (nSPS) is 17.2. The molecule has 1 aliphatic rings. The van der Waals surface area contributed by atoms with Crippen molar-refractivity contribution < 1.29 is 19.1 Å². The van der Waals surface area contributed by atoms with Crippen LogP contribution >= 0.6 is 11.6 Å². The van der Waals surface area contributed by atoms with Gasteiger partial charge in [-0.15, -0.1) is 0 Å². The molecule has 1 unspecified atom stereocenters. The number of carbonyl (C=O) groups excluding carboxylic acids is 2. The van der Waals surface area contributed by atoms with Crippen LogP contribution in [0.15, 0.2) is 29.5 Å². The van der Waals surface area contributed by atoms with E-state index in [9.17, 15) is 9.59 Å². The van der Waals surface area contributed by atoms with Crippen LogP contribution in [0.3, 0.4) is 0 Å². The van der Waals surface area contributed by atoms with Crippen LogP contribution in [0.25, 0.3) is 0 Å². The molecule has 6 nitrogen and oxygen atoms in total. The molecule has 0 radical (unpaired) electrons.